The van der Waals surface area contributed by atoms with Crippen LogP contribution < -0.4 is 10.6 Å². The second-order valence-corrected chi connectivity index (χ2v) is 10.4. The summed E-state index contributed by atoms with van der Waals surface area (Å²) in [5, 5.41) is 6.41. The molecule has 2 aromatic rings. The Labute approximate surface area is 208 Å². The van der Waals surface area contributed by atoms with E-state index < -0.39 is 9.84 Å². The van der Waals surface area contributed by atoms with Crippen molar-refractivity contribution < 1.29 is 18.0 Å². The summed E-state index contributed by atoms with van der Waals surface area (Å²) >= 11 is 0. The predicted molar refractivity (Wildman–Crippen MR) is 136 cm³/mol. The second-order valence-electron chi connectivity index (χ2n) is 8.29. The minimum Gasteiger partial charge on any atom is -0.356 e. The lowest BCUT2D eigenvalue weighted by Crippen LogP contribution is -2.36. The number of amides is 2. The molecule has 1 heterocycles. The summed E-state index contributed by atoms with van der Waals surface area (Å²) in [5.74, 6) is -0.392. The van der Waals surface area contributed by atoms with Crippen molar-refractivity contribution in [2.45, 2.75) is 43.0 Å². The number of sulfone groups is 1. The number of nitrogens with one attached hydrogen (secondary N) is 2. The fraction of sp³-hybridized carbons (Fsp3) is 0.440. The molecule has 1 saturated heterocycles. The van der Waals surface area contributed by atoms with Gasteiger partial charge in [0.2, 0.25) is 11.8 Å². The van der Waals surface area contributed by atoms with E-state index >= 15 is 0 Å². The largest absolute Gasteiger partial charge is 0.356 e. The first-order valence-corrected chi connectivity index (χ1v) is 13.2. The van der Waals surface area contributed by atoms with E-state index in [4.69, 9.17) is 0 Å². The van der Waals surface area contributed by atoms with E-state index in [0.717, 1.165) is 24.9 Å². The fourth-order valence-electron chi connectivity index (χ4n) is 3.94. The summed E-state index contributed by atoms with van der Waals surface area (Å²) < 4.78 is 25.0. The number of halogens is 1. The summed E-state index contributed by atoms with van der Waals surface area (Å²) in [6.07, 6.45) is 2.62. The zero-order chi connectivity index (χ0) is 23.5. The molecule has 2 aromatic carbocycles. The number of rotatable bonds is 5. The number of hydrogen-bond acceptors (Lipinski definition) is 5. The van der Waals surface area contributed by atoms with E-state index in [1.165, 1.54) is 0 Å². The maximum Gasteiger partial charge on any atom is 0.223 e. The van der Waals surface area contributed by atoms with Gasteiger partial charge >= 0.3 is 0 Å². The Hall–Kier alpha value is -2.42. The van der Waals surface area contributed by atoms with E-state index in [9.17, 15) is 18.0 Å². The van der Waals surface area contributed by atoms with Crippen molar-refractivity contribution in [1.29, 1.82) is 0 Å². The third kappa shape index (κ3) is 8.74. The average Bonchev–Trinajstić information content (AvgIpc) is 2.85. The lowest BCUT2D eigenvalue weighted by Gasteiger charge is -2.23. The van der Waals surface area contributed by atoms with Crippen LogP contribution in [0.5, 0.6) is 0 Å². The number of benzene rings is 2. The first kappa shape index (κ1) is 27.8. The van der Waals surface area contributed by atoms with Crippen LogP contribution in [0.25, 0.3) is 0 Å². The number of nitrogens with zero attached hydrogens (tertiary/aromatic N) is 1. The maximum atomic E-state index is 12.8. The van der Waals surface area contributed by atoms with E-state index in [2.05, 4.69) is 10.6 Å². The van der Waals surface area contributed by atoms with Gasteiger partial charge in [-0.2, -0.15) is 0 Å². The second kappa shape index (κ2) is 14.1. The van der Waals surface area contributed by atoms with Gasteiger partial charge in [0, 0.05) is 38.5 Å². The Morgan fingerprint density at radius 2 is 1.56 bits per heavy atom. The third-order valence-electron chi connectivity index (χ3n) is 5.80. The van der Waals surface area contributed by atoms with Crippen molar-refractivity contribution in [1.82, 2.24) is 15.5 Å². The van der Waals surface area contributed by atoms with Crippen LogP contribution in [0.4, 0.5) is 0 Å². The number of carbonyl (C=O) groups is 2. The smallest absolute Gasteiger partial charge is 0.223 e. The lowest BCUT2D eigenvalue weighted by molar-refractivity contribution is -0.130. The van der Waals surface area contributed by atoms with Gasteiger partial charge in [-0.3, -0.25) is 9.59 Å². The van der Waals surface area contributed by atoms with Crippen LogP contribution in [-0.4, -0.2) is 57.1 Å². The molecule has 34 heavy (non-hydrogen) atoms. The molecule has 1 aliphatic heterocycles. The van der Waals surface area contributed by atoms with Gasteiger partial charge < -0.3 is 15.5 Å². The van der Waals surface area contributed by atoms with Crippen LogP contribution in [-0.2, 0) is 19.4 Å². The van der Waals surface area contributed by atoms with Crippen LogP contribution in [0.1, 0.15) is 43.7 Å². The van der Waals surface area contributed by atoms with Crippen molar-refractivity contribution in [2.24, 2.45) is 0 Å². The topological polar surface area (TPSA) is 95.6 Å². The molecule has 186 valence electrons. The van der Waals surface area contributed by atoms with Crippen molar-refractivity contribution in [3.05, 3.63) is 66.2 Å². The Balaban J connectivity index is 0.00000408. The molecule has 0 aliphatic carbocycles. The van der Waals surface area contributed by atoms with Crippen LogP contribution in [0, 0.1) is 0 Å². The summed E-state index contributed by atoms with van der Waals surface area (Å²) in [6, 6.07) is 18.1. The van der Waals surface area contributed by atoms with Crippen LogP contribution in [0.3, 0.4) is 0 Å². The van der Waals surface area contributed by atoms with E-state index in [1.54, 1.807) is 35.2 Å². The quantitative estimate of drug-likeness (QED) is 0.648. The zero-order valence-electron chi connectivity index (χ0n) is 19.3. The normalized spacial score (nSPS) is 18.4. The summed E-state index contributed by atoms with van der Waals surface area (Å²) in [4.78, 5) is 27.2. The van der Waals surface area contributed by atoms with Gasteiger partial charge in [0.15, 0.2) is 9.84 Å². The zero-order valence-corrected chi connectivity index (χ0v) is 21.0. The SMILES string of the molecule is Cl.O=C1CC(c2ccccc2)NCCCCN(C(=O)CCS(=O)(=O)c2ccccc2)CCCN1. The third-order valence-corrected chi connectivity index (χ3v) is 7.54. The van der Waals surface area contributed by atoms with Gasteiger partial charge in [0.25, 0.3) is 0 Å². The van der Waals surface area contributed by atoms with Gasteiger partial charge in [-0.1, -0.05) is 48.5 Å². The van der Waals surface area contributed by atoms with Gasteiger partial charge in [0.05, 0.1) is 10.6 Å². The van der Waals surface area contributed by atoms with Crippen LogP contribution in [0.2, 0.25) is 0 Å². The highest BCUT2D eigenvalue weighted by atomic mass is 35.5. The molecule has 1 fully saturated rings. The molecule has 2 N–H and O–H groups in total. The molecule has 0 radical (unpaired) electrons. The Morgan fingerprint density at radius 3 is 2.26 bits per heavy atom. The van der Waals surface area contributed by atoms with E-state index in [0.29, 0.717) is 32.5 Å². The molecule has 1 unspecified atom stereocenters. The molecular weight excluding hydrogens is 474 g/mol. The molecule has 0 aromatic heterocycles. The Kier molecular flexibility index (Phi) is 11.5. The van der Waals surface area contributed by atoms with Crippen molar-refractivity contribution in [2.75, 3.05) is 31.9 Å². The molecule has 2 amide bonds. The summed E-state index contributed by atoms with van der Waals surface area (Å²) in [7, 11) is -3.49. The van der Waals surface area contributed by atoms with Crippen LogP contribution >= 0.6 is 12.4 Å². The standard InChI is InChI=1S/C25H33N3O4S.ClH/c29-24-20-23(21-10-3-1-4-11-21)26-15-7-8-17-28(18-9-16-27-24)25(30)14-19-33(31,32)22-12-5-2-6-13-22;/h1-6,10-13,23,26H,7-9,14-20H2,(H,27,29);1H. The Morgan fingerprint density at radius 1 is 0.912 bits per heavy atom. The highest BCUT2D eigenvalue weighted by molar-refractivity contribution is 7.91. The highest BCUT2D eigenvalue weighted by Crippen LogP contribution is 2.17. The minimum absolute atomic E-state index is 0. The molecular formula is C25H34ClN3O4S. The predicted octanol–water partition coefficient (Wildman–Crippen LogP) is 3.12. The number of hydrogen-bond donors (Lipinski definition) is 2. The van der Waals surface area contributed by atoms with E-state index in [-0.39, 0.29) is 47.3 Å². The lowest BCUT2D eigenvalue weighted by atomic mass is 10.0. The van der Waals surface area contributed by atoms with Gasteiger partial charge in [-0.25, -0.2) is 8.42 Å². The Bertz CT molecular complexity index is 1000. The highest BCUT2D eigenvalue weighted by Gasteiger charge is 2.20. The van der Waals surface area contributed by atoms with Gasteiger partial charge in [-0.05, 0) is 43.5 Å². The van der Waals surface area contributed by atoms with Gasteiger partial charge in [-0.15, -0.1) is 12.4 Å². The van der Waals surface area contributed by atoms with Crippen molar-refractivity contribution in [3.8, 4) is 0 Å². The molecule has 0 spiro atoms. The van der Waals surface area contributed by atoms with Crippen LogP contribution in [0.15, 0.2) is 65.6 Å². The van der Waals surface area contributed by atoms with Crippen molar-refractivity contribution >= 4 is 34.1 Å². The molecule has 0 bridgehead atoms. The maximum absolute atomic E-state index is 12.8. The molecule has 1 atom stereocenters. The molecule has 3 rings (SSSR count). The van der Waals surface area contributed by atoms with E-state index in [1.807, 2.05) is 30.3 Å². The minimum atomic E-state index is -3.49. The summed E-state index contributed by atoms with van der Waals surface area (Å²) in [6.45, 7) is 2.29. The molecule has 1 aliphatic rings. The average molecular weight is 508 g/mol. The molecule has 7 nitrogen and oxygen atoms in total. The first-order chi connectivity index (χ1) is 16.0. The fourth-order valence-corrected chi connectivity index (χ4v) is 5.19. The number of carbonyl (C=O) groups excluding carboxylic acids is 2. The first-order valence-electron chi connectivity index (χ1n) is 11.6. The van der Waals surface area contributed by atoms with Gasteiger partial charge in [0.1, 0.15) is 0 Å². The molecule has 9 heteroatoms. The van der Waals surface area contributed by atoms with Crippen molar-refractivity contribution in [3.63, 3.8) is 0 Å². The monoisotopic (exact) mass is 507 g/mol. The summed E-state index contributed by atoms with van der Waals surface area (Å²) in [5.41, 5.74) is 1.08. The molecule has 0 saturated carbocycles.